The third kappa shape index (κ3) is 4.06. The lowest BCUT2D eigenvalue weighted by molar-refractivity contribution is -0.0464. The van der Waals surface area contributed by atoms with E-state index in [0.717, 1.165) is 38.3 Å². The molecule has 0 saturated heterocycles. The Kier molecular flexibility index (Phi) is 3.60. The molecule has 0 aliphatic heterocycles. The van der Waals surface area contributed by atoms with Crippen molar-refractivity contribution in [1.82, 2.24) is 5.32 Å². The zero-order valence-electron chi connectivity index (χ0n) is 9.27. The molecule has 0 bridgehead atoms. The molecule has 15 heavy (non-hydrogen) atoms. The van der Waals surface area contributed by atoms with Crippen molar-refractivity contribution < 1.29 is 8.78 Å². The molecule has 3 heteroatoms. The van der Waals surface area contributed by atoms with E-state index in [4.69, 9.17) is 0 Å². The van der Waals surface area contributed by atoms with Crippen molar-refractivity contribution >= 4 is 0 Å². The Balaban J connectivity index is 1.52. The van der Waals surface area contributed by atoms with Crippen molar-refractivity contribution in [3.05, 3.63) is 0 Å². The van der Waals surface area contributed by atoms with Crippen LogP contribution in [0.5, 0.6) is 0 Å². The third-order valence-corrected chi connectivity index (χ3v) is 3.70. The van der Waals surface area contributed by atoms with Gasteiger partial charge in [-0.15, -0.1) is 0 Å². The molecular formula is C12H21F2N. The van der Waals surface area contributed by atoms with Gasteiger partial charge in [-0.3, -0.25) is 0 Å². The highest BCUT2D eigenvalue weighted by Gasteiger charge is 2.34. The monoisotopic (exact) mass is 217 g/mol. The smallest absolute Gasteiger partial charge is 0.248 e. The van der Waals surface area contributed by atoms with Gasteiger partial charge >= 0.3 is 0 Å². The van der Waals surface area contributed by atoms with Gasteiger partial charge in [0, 0.05) is 12.8 Å². The van der Waals surface area contributed by atoms with Crippen LogP contribution in [-0.2, 0) is 0 Å². The maximum Gasteiger partial charge on any atom is 0.248 e. The van der Waals surface area contributed by atoms with Gasteiger partial charge in [0.1, 0.15) is 0 Å². The molecule has 0 atom stereocenters. The predicted molar refractivity (Wildman–Crippen MR) is 57.1 cm³/mol. The van der Waals surface area contributed by atoms with E-state index in [9.17, 15) is 8.78 Å². The molecule has 0 aromatic rings. The topological polar surface area (TPSA) is 12.0 Å². The molecule has 2 saturated carbocycles. The average molecular weight is 217 g/mol. The molecule has 0 unspecified atom stereocenters. The van der Waals surface area contributed by atoms with Crippen molar-refractivity contribution in [2.24, 2.45) is 11.8 Å². The summed E-state index contributed by atoms with van der Waals surface area (Å²) in [4.78, 5) is 0. The van der Waals surface area contributed by atoms with Crippen LogP contribution in [0.4, 0.5) is 8.78 Å². The Bertz CT molecular complexity index is 192. The molecule has 0 aromatic heterocycles. The summed E-state index contributed by atoms with van der Waals surface area (Å²) < 4.78 is 25.7. The molecule has 0 aromatic carbocycles. The van der Waals surface area contributed by atoms with Gasteiger partial charge in [0.15, 0.2) is 0 Å². The first kappa shape index (κ1) is 11.3. The fourth-order valence-electron chi connectivity index (χ4n) is 2.32. The summed E-state index contributed by atoms with van der Waals surface area (Å²) in [5.41, 5.74) is 0. The summed E-state index contributed by atoms with van der Waals surface area (Å²) in [7, 11) is 0. The Morgan fingerprint density at radius 1 is 1.00 bits per heavy atom. The summed E-state index contributed by atoms with van der Waals surface area (Å²) in [6.45, 7) is 2.16. The van der Waals surface area contributed by atoms with Crippen LogP contribution >= 0.6 is 0 Å². The molecule has 88 valence electrons. The Morgan fingerprint density at radius 3 is 2.27 bits per heavy atom. The molecule has 1 N–H and O–H groups in total. The summed E-state index contributed by atoms with van der Waals surface area (Å²) in [5, 5.41) is 3.43. The summed E-state index contributed by atoms with van der Waals surface area (Å²) in [6.07, 6.45) is 5.50. The lowest BCUT2D eigenvalue weighted by atomic mass is 9.85. The second kappa shape index (κ2) is 4.77. The van der Waals surface area contributed by atoms with E-state index in [1.807, 2.05) is 0 Å². The van der Waals surface area contributed by atoms with Crippen LogP contribution in [0.15, 0.2) is 0 Å². The van der Waals surface area contributed by atoms with Crippen LogP contribution in [0.2, 0.25) is 0 Å². The maximum atomic E-state index is 12.9. The minimum Gasteiger partial charge on any atom is -0.316 e. The summed E-state index contributed by atoms with van der Waals surface area (Å²) in [5.74, 6) is -0.908. The zero-order valence-corrected chi connectivity index (χ0v) is 9.27. The number of halogens is 2. The molecule has 2 aliphatic rings. The highest BCUT2D eigenvalue weighted by Crippen LogP contribution is 2.37. The number of hydrogen-bond donors (Lipinski definition) is 1. The fraction of sp³-hybridized carbons (Fsp3) is 1.00. The van der Waals surface area contributed by atoms with Gasteiger partial charge < -0.3 is 5.32 Å². The fourth-order valence-corrected chi connectivity index (χ4v) is 2.32. The summed E-state index contributed by atoms with van der Waals surface area (Å²) in [6, 6.07) is 0. The lowest BCUT2D eigenvalue weighted by Crippen LogP contribution is -2.27. The first-order chi connectivity index (χ1) is 7.16. The van der Waals surface area contributed by atoms with Crippen molar-refractivity contribution in [2.75, 3.05) is 13.1 Å². The normalized spacial score (nSPS) is 26.8. The third-order valence-electron chi connectivity index (χ3n) is 3.70. The van der Waals surface area contributed by atoms with Crippen molar-refractivity contribution in [3.63, 3.8) is 0 Å². The van der Waals surface area contributed by atoms with Crippen molar-refractivity contribution in [1.29, 1.82) is 0 Å². The van der Waals surface area contributed by atoms with Gasteiger partial charge in [0.2, 0.25) is 5.92 Å². The average Bonchev–Trinajstić information content (AvgIpc) is 2.98. The van der Waals surface area contributed by atoms with Crippen LogP contribution < -0.4 is 5.32 Å². The van der Waals surface area contributed by atoms with Gasteiger partial charge in [-0.1, -0.05) is 0 Å². The molecule has 2 aliphatic carbocycles. The SMILES string of the molecule is FC1(F)CCC(CCNCC2CC2)CC1. The van der Waals surface area contributed by atoms with E-state index in [0.29, 0.717) is 5.92 Å². The van der Waals surface area contributed by atoms with Crippen LogP contribution in [0.1, 0.15) is 44.9 Å². The molecule has 0 radical (unpaired) electrons. The molecule has 0 amide bonds. The van der Waals surface area contributed by atoms with Crippen LogP contribution in [0.25, 0.3) is 0 Å². The second-order valence-electron chi connectivity index (χ2n) is 5.24. The van der Waals surface area contributed by atoms with E-state index in [1.165, 1.54) is 12.8 Å². The molecule has 2 rings (SSSR count). The molecular weight excluding hydrogens is 196 g/mol. The standard InChI is InChI=1S/C12H21F2N/c13-12(14)6-3-10(4-7-12)5-8-15-9-11-1-2-11/h10-11,15H,1-9H2. The predicted octanol–water partition coefficient (Wildman–Crippen LogP) is 3.20. The van der Waals surface area contributed by atoms with E-state index >= 15 is 0 Å². The van der Waals surface area contributed by atoms with Crippen LogP contribution in [-0.4, -0.2) is 19.0 Å². The van der Waals surface area contributed by atoms with E-state index in [2.05, 4.69) is 5.32 Å². The first-order valence-electron chi connectivity index (χ1n) is 6.24. The van der Waals surface area contributed by atoms with Gasteiger partial charge in [0.25, 0.3) is 0 Å². The minimum absolute atomic E-state index is 0.111. The number of nitrogens with one attached hydrogen (secondary N) is 1. The van der Waals surface area contributed by atoms with Crippen molar-refractivity contribution in [2.45, 2.75) is 50.9 Å². The Labute approximate surface area is 90.6 Å². The van der Waals surface area contributed by atoms with E-state index in [-0.39, 0.29) is 12.8 Å². The van der Waals surface area contributed by atoms with E-state index in [1.54, 1.807) is 0 Å². The maximum absolute atomic E-state index is 12.9. The number of rotatable bonds is 5. The minimum atomic E-state index is -2.36. The molecule has 1 nitrogen and oxygen atoms in total. The van der Waals surface area contributed by atoms with Gasteiger partial charge in [-0.2, -0.15) is 0 Å². The quantitative estimate of drug-likeness (QED) is 0.697. The Morgan fingerprint density at radius 2 is 1.67 bits per heavy atom. The van der Waals surface area contributed by atoms with Crippen molar-refractivity contribution in [3.8, 4) is 0 Å². The number of alkyl halides is 2. The Hall–Kier alpha value is -0.180. The van der Waals surface area contributed by atoms with E-state index < -0.39 is 5.92 Å². The largest absolute Gasteiger partial charge is 0.316 e. The van der Waals surface area contributed by atoms with Gasteiger partial charge in [-0.05, 0) is 57.0 Å². The second-order valence-corrected chi connectivity index (χ2v) is 5.24. The molecule has 2 fully saturated rings. The van der Waals surface area contributed by atoms with Gasteiger partial charge in [-0.25, -0.2) is 8.78 Å². The molecule has 0 spiro atoms. The van der Waals surface area contributed by atoms with Crippen LogP contribution in [0, 0.1) is 11.8 Å². The van der Waals surface area contributed by atoms with Crippen LogP contribution in [0.3, 0.4) is 0 Å². The highest BCUT2D eigenvalue weighted by molar-refractivity contribution is 4.79. The zero-order chi connectivity index (χ0) is 10.7. The summed E-state index contributed by atoms with van der Waals surface area (Å²) >= 11 is 0. The first-order valence-corrected chi connectivity index (χ1v) is 6.24. The lowest BCUT2D eigenvalue weighted by Gasteiger charge is -2.28. The highest BCUT2D eigenvalue weighted by atomic mass is 19.3. The number of hydrogen-bond acceptors (Lipinski definition) is 1. The van der Waals surface area contributed by atoms with Gasteiger partial charge in [0.05, 0.1) is 0 Å². The molecule has 0 heterocycles.